The molecule has 5 rings (SSSR count). The number of carbonyl (C=O) groups is 2. The van der Waals surface area contributed by atoms with Gasteiger partial charge in [0.15, 0.2) is 11.0 Å². The summed E-state index contributed by atoms with van der Waals surface area (Å²) >= 11 is 0. The second kappa shape index (κ2) is 16.8. The summed E-state index contributed by atoms with van der Waals surface area (Å²) < 4.78 is 9.62. The van der Waals surface area contributed by atoms with E-state index in [0.717, 1.165) is 49.8 Å². The number of aromatic nitrogens is 3. The van der Waals surface area contributed by atoms with Gasteiger partial charge in [0, 0.05) is 51.2 Å². The predicted octanol–water partition coefficient (Wildman–Crippen LogP) is 5.04. The first-order chi connectivity index (χ1) is 23.3. The maximum absolute atomic E-state index is 12.4. The molecule has 248 valence electrons. The van der Waals surface area contributed by atoms with Crippen LogP contribution in [0.15, 0.2) is 89.0 Å². The van der Waals surface area contributed by atoms with Gasteiger partial charge in [-0.3, -0.25) is 9.59 Å². The molecule has 2 heterocycles. The van der Waals surface area contributed by atoms with Crippen LogP contribution < -0.4 is 22.5 Å². The van der Waals surface area contributed by atoms with Crippen molar-refractivity contribution in [3.05, 3.63) is 79.0 Å². The Morgan fingerprint density at radius 3 is 1.90 bits per heavy atom. The predicted molar refractivity (Wildman–Crippen MR) is 198 cm³/mol. The summed E-state index contributed by atoms with van der Waals surface area (Å²) in [6.45, 7) is 0.923. The second-order valence-electron chi connectivity index (χ2n) is 10.9. The highest BCUT2D eigenvalue weighted by atomic mass is 31.1. The summed E-state index contributed by atoms with van der Waals surface area (Å²) in [6.07, 6.45) is 3.89. The molecule has 13 heteroatoms. The maximum Gasteiger partial charge on any atom is 0.281 e. The third-order valence-electron chi connectivity index (χ3n) is 7.55. The number of nitrogens with zero attached hydrogens (tertiary/aromatic N) is 3. The third kappa shape index (κ3) is 9.59. The Bertz CT molecular complexity index is 1930. The molecule has 0 radical (unpaired) electrons. The van der Waals surface area contributed by atoms with Crippen molar-refractivity contribution < 1.29 is 19.1 Å². The summed E-state index contributed by atoms with van der Waals surface area (Å²) in [6, 6.07) is 25.4. The topological polar surface area (TPSA) is 174 Å². The van der Waals surface area contributed by atoms with Gasteiger partial charge in [-0.1, -0.05) is 48.5 Å². The molecule has 2 aromatic heterocycles. The van der Waals surface area contributed by atoms with E-state index in [9.17, 15) is 9.59 Å². The fourth-order valence-electron chi connectivity index (χ4n) is 5.00. The minimum atomic E-state index is -0.0399. The highest BCUT2D eigenvalue weighted by molar-refractivity contribution is 7.65. The lowest BCUT2D eigenvalue weighted by Gasteiger charge is -2.07. The Balaban J connectivity index is 1.17. The zero-order chi connectivity index (χ0) is 33.9. The van der Waals surface area contributed by atoms with E-state index in [1.165, 1.54) is 14.2 Å². The van der Waals surface area contributed by atoms with E-state index in [-0.39, 0.29) is 40.3 Å². The van der Waals surface area contributed by atoms with E-state index in [0.29, 0.717) is 44.3 Å². The van der Waals surface area contributed by atoms with Crippen molar-refractivity contribution in [2.75, 3.05) is 27.3 Å². The van der Waals surface area contributed by atoms with Gasteiger partial charge < -0.3 is 30.9 Å². The van der Waals surface area contributed by atoms with Crippen molar-refractivity contribution in [3.8, 4) is 33.6 Å². The van der Waals surface area contributed by atoms with Crippen LogP contribution in [0.5, 0.6) is 0 Å². The van der Waals surface area contributed by atoms with Crippen molar-refractivity contribution in [2.45, 2.75) is 25.7 Å². The standard InChI is InChI=1S/C35H39N7O4P2/c1-45-33(36)38-17-3-5-31(43)47-30-16-15-28(41-30)23-9-7-22(8-10-23)24-11-12-26-20-27(14-13-25(26)19-24)29-21-40-35(42-29)48-32(44)6-4-18-39-34(37)46-2/h7-16,19-21,41,47-48H,3-6,17-18H2,1-2H3,(H2,36,38)(H2,37,39)(H,40,42). The summed E-state index contributed by atoms with van der Waals surface area (Å²) in [7, 11) is 2.96. The number of nitrogens with one attached hydrogen (secondary N) is 2. The van der Waals surface area contributed by atoms with E-state index in [2.05, 4.69) is 85.6 Å². The van der Waals surface area contributed by atoms with Crippen LogP contribution in [-0.4, -0.2) is 65.4 Å². The lowest BCUT2D eigenvalue weighted by Crippen LogP contribution is -2.14. The minimum absolute atomic E-state index is 0.0399. The number of amidine groups is 2. The number of nitrogens with two attached hydrogens (primary N) is 2. The molecule has 11 nitrogen and oxygen atoms in total. The first kappa shape index (κ1) is 34.5. The summed E-state index contributed by atoms with van der Waals surface area (Å²) in [5, 5.41) is 2.24. The number of hydrogen-bond acceptors (Lipinski definition) is 7. The average molecular weight is 684 g/mol. The Morgan fingerprint density at radius 2 is 1.25 bits per heavy atom. The first-order valence-electron chi connectivity index (χ1n) is 15.5. The molecule has 0 aliphatic carbocycles. The van der Waals surface area contributed by atoms with Crippen molar-refractivity contribution in [2.24, 2.45) is 21.5 Å². The molecule has 0 aliphatic heterocycles. The molecule has 0 aliphatic rings. The Morgan fingerprint density at radius 1 is 0.688 bits per heavy atom. The fraction of sp³-hybridized carbons (Fsp3) is 0.229. The minimum Gasteiger partial charge on any atom is -0.469 e. The van der Waals surface area contributed by atoms with Crippen molar-refractivity contribution in [1.82, 2.24) is 15.0 Å². The number of rotatable bonds is 15. The molecule has 5 aromatic rings. The van der Waals surface area contributed by atoms with Crippen molar-refractivity contribution >= 4 is 62.0 Å². The molecule has 2 atom stereocenters. The third-order valence-corrected chi connectivity index (χ3v) is 9.66. The number of hydrogen-bond donors (Lipinski definition) is 4. The van der Waals surface area contributed by atoms with Gasteiger partial charge in [-0.2, -0.15) is 0 Å². The first-order valence-corrected chi connectivity index (χ1v) is 17.5. The van der Waals surface area contributed by atoms with Crippen LogP contribution in [0.2, 0.25) is 0 Å². The average Bonchev–Trinajstić information content (AvgIpc) is 3.78. The molecule has 0 bridgehead atoms. The van der Waals surface area contributed by atoms with Gasteiger partial charge in [0.25, 0.3) is 12.0 Å². The molecule has 3 aromatic carbocycles. The summed E-state index contributed by atoms with van der Waals surface area (Å²) in [5.41, 5.74) is 19.1. The van der Waals surface area contributed by atoms with Gasteiger partial charge in [-0.15, -0.1) is 0 Å². The highest BCUT2D eigenvalue weighted by Gasteiger charge is 2.11. The molecule has 6 N–H and O–H groups in total. The van der Waals surface area contributed by atoms with Gasteiger partial charge >= 0.3 is 0 Å². The van der Waals surface area contributed by atoms with Crippen molar-refractivity contribution in [1.29, 1.82) is 0 Å². The van der Waals surface area contributed by atoms with Gasteiger partial charge in [-0.05, 0) is 73.2 Å². The number of benzene rings is 3. The van der Waals surface area contributed by atoms with Crippen LogP contribution in [0, 0.1) is 0 Å². The van der Waals surface area contributed by atoms with Crippen molar-refractivity contribution in [3.63, 3.8) is 0 Å². The number of fused-ring (bicyclic) bond motifs is 1. The number of aromatic amines is 2. The maximum atomic E-state index is 12.4. The Kier molecular flexibility index (Phi) is 12.1. The number of H-pyrrole nitrogens is 2. The summed E-state index contributed by atoms with van der Waals surface area (Å²) in [4.78, 5) is 44.0. The highest BCUT2D eigenvalue weighted by Crippen LogP contribution is 2.30. The van der Waals surface area contributed by atoms with Crippen LogP contribution in [0.25, 0.3) is 44.4 Å². The van der Waals surface area contributed by atoms with Gasteiger partial charge in [0.05, 0.1) is 26.1 Å². The van der Waals surface area contributed by atoms with Crippen LogP contribution in [0.1, 0.15) is 25.7 Å². The molecule has 0 fully saturated rings. The van der Waals surface area contributed by atoms with E-state index in [4.69, 9.17) is 20.9 Å². The monoisotopic (exact) mass is 683 g/mol. The molecular weight excluding hydrogens is 644 g/mol. The van der Waals surface area contributed by atoms with Gasteiger partial charge in [0.2, 0.25) is 0 Å². The van der Waals surface area contributed by atoms with Crippen LogP contribution in [-0.2, 0) is 19.1 Å². The molecular formula is C35H39N7O4P2. The largest absolute Gasteiger partial charge is 0.469 e. The normalized spacial score (nSPS) is 12.5. The SMILES string of the molecule is COC(N)=NCCCC(=O)Pc1ccc(-c2ccc(-c3ccc4cc(-c5cnc(PC(=O)CCCN=C(N)OC)[nH]5)ccc4c3)cc2)[nH]1. The lowest BCUT2D eigenvalue weighted by atomic mass is 9.98. The quantitative estimate of drug-likeness (QED) is 0.0518. The smallest absolute Gasteiger partial charge is 0.281 e. The number of carbonyl (C=O) groups excluding carboxylic acids is 2. The lowest BCUT2D eigenvalue weighted by molar-refractivity contribution is -0.112. The number of methoxy groups -OCH3 is 2. The van der Waals surface area contributed by atoms with Crippen LogP contribution in [0.4, 0.5) is 0 Å². The van der Waals surface area contributed by atoms with Gasteiger partial charge in [0.1, 0.15) is 5.57 Å². The van der Waals surface area contributed by atoms with E-state index >= 15 is 0 Å². The fourth-order valence-corrected chi connectivity index (χ4v) is 6.86. The van der Waals surface area contributed by atoms with Gasteiger partial charge in [-0.25, -0.2) is 15.0 Å². The molecule has 0 saturated carbocycles. The molecule has 0 amide bonds. The Labute approximate surface area is 282 Å². The molecule has 0 spiro atoms. The molecule has 0 saturated heterocycles. The van der Waals surface area contributed by atoms with Crippen LogP contribution in [0.3, 0.4) is 0 Å². The number of ether oxygens (including phenoxy) is 2. The zero-order valence-electron chi connectivity index (χ0n) is 26.9. The Hall–Kier alpha value is -4.85. The molecule has 2 unspecified atom stereocenters. The molecule has 48 heavy (non-hydrogen) atoms. The summed E-state index contributed by atoms with van der Waals surface area (Å²) in [5.74, 6) is 0. The van der Waals surface area contributed by atoms with E-state index < -0.39 is 0 Å². The second-order valence-corrected chi connectivity index (χ2v) is 13.6. The van der Waals surface area contributed by atoms with E-state index in [1.807, 2.05) is 12.1 Å². The number of aliphatic imine (C=N–C) groups is 2. The van der Waals surface area contributed by atoms with Crippen LogP contribution >= 0.6 is 17.2 Å². The number of imidazole rings is 1. The zero-order valence-corrected chi connectivity index (χ0v) is 28.9. The van der Waals surface area contributed by atoms with E-state index in [1.54, 1.807) is 6.20 Å².